The lowest BCUT2D eigenvalue weighted by atomic mass is 9.86. The SMILES string of the molecule is COC(=O)c1sc(N/N=c2\cc(-c3ccc(C(C)(C)C)cc3)oc3cc(C)c(Cl)cc23)nc1C. The zero-order valence-corrected chi connectivity index (χ0v) is 21.5. The number of hydrogen-bond acceptors (Lipinski definition) is 7. The maximum absolute atomic E-state index is 11.9. The Morgan fingerprint density at radius 1 is 1.15 bits per heavy atom. The topological polar surface area (TPSA) is 76.7 Å². The minimum absolute atomic E-state index is 0.0617. The van der Waals surface area contributed by atoms with Crippen LogP contribution in [0.2, 0.25) is 5.02 Å². The number of carbonyl (C=O) groups is 1. The van der Waals surface area contributed by atoms with E-state index in [1.165, 1.54) is 24.0 Å². The number of halogens is 1. The standard InChI is InChI=1S/C26H26ClN3O3S/c1-14-11-22-18(12-19(14)27)20(29-30-25-28-15(2)23(34-25)24(31)32-6)13-21(33-22)16-7-9-17(10-8-16)26(3,4)5/h7-13H,1-6H3,(H,28,30)/b29-20+. The number of carbonyl (C=O) groups excluding carboxylic acids is 1. The largest absolute Gasteiger partial charge is 0.465 e. The van der Waals surface area contributed by atoms with Crippen molar-refractivity contribution < 1.29 is 13.9 Å². The van der Waals surface area contributed by atoms with Gasteiger partial charge in [0.1, 0.15) is 16.2 Å². The van der Waals surface area contributed by atoms with Gasteiger partial charge in [0, 0.05) is 22.0 Å². The number of rotatable bonds is 4. The first kappa shape index (κ1) is 24.0. The van der Waals surface area contributed by atoms with Crippen molar-refractivity contribution in [3.05, 3.63) is 74.5 Å². The van der Waals surface area contributed by atoms with E-state index in [-0.39, 0.29) is 5.41 Å². The molecule has 4 aromatic rings. The minimum atomic E-state index is -0.421. The molecule has 0 saturated heterocycles. The van der Waals surface area contributed by atoms with Gasteiger partial charge in [0.25, 0.3) is 0 Å². The number of ether oxygens (including phenoxy) is 1. The predicted octanol–water partition coefficient (Wildman–Crippen LogP) is 6.84. The highest BCUT2D eigenvalue weighted by molar-refractivity contribution is 7.17. The van der Waals surface area contributed by atoms with E-state index in [2.05, 4.69) is 60.5 Å². The maximum Gasteiger partial charge on any atom is 0.350 e. The van der Waals surface area contributed by atoms with Gasteiger partial charge in [-0.25, -0.2) is 9.78 Å². The molecule has 1 N–H and O–H groups in total. The summed E-state index contributed by atoms with van der Waals surface area (Å²) in [5.41, 5.74) is 7.39. The highest BCUT2D eigenvalue weighted by Crippen LogP contribution is 2.29. The van der Waals surface area contributed by atoms with Gasteiger partial charge in [-0.1, -0.05) is 68.0 Å². The number of nitrogens with zero attached hydrogens (tertiary/aromatic N) is 2. The van der Waals surface area contributed by atoms with Gasteiger partial charge >= 0.3 is 5.97 Å². The Morgan fingerprint density at radius 2 is 1.85 bits per heavy atom. The number of hydrogen-bond donors (Lipinski definition) is 1. The molecule has 8 heteroatoms. The van der Waals surface area contributed by atoms with Crippen molar-refractivity contribution in [1.82, 2.24) is 4.98 Å². The van der Waals surface area contributed by atoms with E-state index in [0.29, 0.717) is 37.4 Å². The van der Waals surface area contributed by atoms with Crippen LogP contribution in [0.3, 0.4) is 0 Å². The first-order chi connectivity index (χ1) is 16.1. The van der Waals surface area contributed by atoms with Crippen LogP contribution in [-0.4, -0.2) is 18.1 Å². The van der Waals surface area contributed by atoms with Crippen molar-refractivity contribution in [2.24, 2.45) is 5.10 Å². The molecule has 0 aliphatic carbocycles. The van der Waals surface area contributed by atoms with E-state index in [0.717, 1.165) is 16.5 Å². The summed E-state index contributed by atoms with van der Waals surface area (Å²) in [6.07, 6.45) is 0. The molecule has 0 unspecified atom stereocenters. The van der Waals surface area contributed by atoms with E-state index >= 15 is 0 Å². The van der Waals surface area contributed by atoms with Gasteiger partial charge in [-0.05, 0) is 42.5 Å². The molecule has 0 spiro atoms. The van der Waals surface area contributed by atoms with Crippen LogP contribution >= 0.6 is 22.9 Å². The zero-order chi connectivity index (χ0) is 24.6. The van der Waals surface area contributed by atoms with Gasteiger partial charge in [0.05, 0.1) is 18.2 Å². The summed E-state index contributed by atoms with van der Waals surface area (Å²) < 4.78 is 11.1. The average Bonchev–Trinajstić information content (AvgIpc) is 3.17. The van der Waals surface area contributed by atoms with Gasteiger partial charge < -0.3 is 9.15 Å². The van der Waals surface area contributed by atoms with Crippen LogP contribution in [0, 0.1) is 13.8 Å². The van der Waals surface area contributed by atoms with Crippen LogP contribution in [0.15, 0.2) is 52.0 Å². The third-order valence-electron chi connectivity index (χ3n) is 5.50. The highest BCUT2D eigenvalue weighted by Gasteiger charge is 2.16. The number of thiazole rings is 1. The molecule has 0 aliphatic heterocycles. The molecule has 0 amide bonds. The average molecular weight is 496 g/mol. The normalized spacial score (nSPS) is 12.3. The Kier molecular flexibility index (Phi) is 6.51. The van der Waals surface area contributed by atoms with E-state index in [9.17, 15) is 4.79 Å². The second kappa shape index (κ2) is 9.24. The maximum atomic E-state index is 11.9. The Hall–Kier alpha value is -3.16. The number of aromatic nitrogens is 1. The molecular weight excluding hydrogens is 470 g/mol. The van der Waals surface area contributed by atoms with Crippen molar-refractivity contribution >= 4 is 45.0 Å². The number of fused-ring (bicyclic) bond motifs is 1. The second-order valence-electron chi connectivity index (χ2n) is 9.07. The molecule has 0 bridgehead atoms. The van der Waals surface area contributed by atoms with Gasteiger partial charge in [-0.2, -0.15) is 5.10 Å². The second-order valence-corrected chi connectivity index (χ2v) is 10.5. The first-order valence-corrected chi connectivity index (χ1v) is 12.0. The van der Waals surface area contributed by atoms with E-state index in [4.69, 9.17) is 20.8 Å². The van der Waals surface area contributed by atoms with E-state index < -0.39 is 5.97 Å². The van der Waals surface area contributed by atoms with Crippen LogP contribution in [0.25, 0.3) is 22.3 Å². The van der Waals surface area contributed by atoms with Crippen molar-refractivity contribution in [3.8, 4) is 11.3 Å². The van der Waals surface area contributed by atoms with Crippen LogP contribution in [0.1, 0.15) is 47.3 Å². The molecule has 34 heavy (non-hydrogen) atoms. The quantitative estimate of drug-likeness (QED) is 0.248. The fourth-order valence-electron chi connectivity index (χ4n) is 3.49. The summed E-state index contributed by atoms with van der Waals surface area (Å²) in [5, 5.41) is 7.10. The summed E-state index contributed by atoms with van der Waals surface area (Å²) in [6, 6.07) is 14.0. The molecular formula is C26H26ClN3O3S. The third kappa shape index (κ3) is 4.86. The summed E-state index contributed by atoms with van der Waals surface area (Å²) in [6.45, 7) is 10.2. The monoisotopic (exact) mass is 495 g/mol. The summed E-state index contributed by atoms with van der Waals surface area (Å²) in [4.78, 5) is 16.7. The third-order valence-corrected chi connectivity index (χ3v) is 6.95. The number of methoxy groups -OCH3 is 1. The number of benzene rings is 2. The molecule has 6 nitrogen and oxygen atoms in total. The van der Waals surface area contributed by atoms with Crippen LogP contribution in [-0.2, 0) is 10.2 Å². The molecule has 4 rings (SSSR count). The van der Waals surface area contributed by atoms with Gasteiger partial charge in [0.2, 0.25) is 5.13 Å². The van der Waals surface area contributed by atoms with Crippen LogP contribution in [0.5, 0.6) is 0 Å². The molecule has 176 valence electrons. The zero-order valence-electron chi connectivity index (χ0n) is 19.9. The minimum Gasteiger partial charge on any atom is -0.465 e. The van der Waals surface area contributed by atoms with Gasteiger partial charge in [-0.3, -0.25) is 5.43 Å². The Balaban J connectivity index is 1.82. The van der Waals surface area contributed by atoms with Crippen molar-refractivity contribution in [1.29, 1.82) is 0 Å². The molecule has 0 radical (unpaired) electrons. The van der Waals surface area contributed by atoms with Gasteiger partial charge in [-0.15, -0.1) is 0 Å². The summed E-state index contributed by atoms with van der Waals surface area (Å²) in [5.74, 6) is 0.260. The lowest BCUT2D eigenvalue weighted by molar-refractivity contribution is 0.0605. The number of aryl methyl sites for hydroxylation is 2. The Morgan fingerprint density at radius 3 is 2.50 bits per heavy atom. The van der Waals surface area contributed by atoms with Crippen LogP contribution < -0.4 is 10.8 Å². The molecule has 2 aromatic heterocycles. The number of anilines is 1. The summed E-state index contributed by atoms with van der Waals surface area (Å²) >= 11 is 7.59. The van der Waals surface area contributed by atoms with Gasteiger partial charge in [0.15, 0.2) is 0 Å². The van der Waals surface area contributed by atoms with Crippen molar-refractivity contribution in [2.45, 2.75) is 40.0 Å². The fraction of sp³-hybridized carbons (Fsp3) is 0.269. The van der Waals surface area contributed by atoms with E-state index in [1.807, 2.05) is 25.1 Å². The lowest BCUT2D eigenvalue weighted by Crippen LogP contribution is -2.10. The predicted molar refractivity (Wildman–Crippen MR) is 137 cm³/mol. The van der Waals surface area contributed by atoms with Crippen molar-refractivity contribution in [3.63, 3.8) is 0 Å². The summed E-state index contributed by atoms with van der Waals surface area (Å²) in [7, 11) is 1.35. The first-order valence-electron chi connectivity index (χ1n) is 10.8. The van der Waals surface area contributed by atoms with Crippen LogP contribution in [0.4, 0.5) is 5.13 Å². The smallest absolute Gasteiger partial charge is 0.350 e. The molecule has 0 aliphatic rings. The van der Waals surface area contributed by atoms with E-state index in [1.54, 1.807) is 6.92 Å². The fourth-order valence-corrected chi connectivity index (χ4v) is 4.48. The highest BCUT2D eigenvalue weighted by atomic mass is 35.5. The molecule has 0 fully saturated rings. The lowest BCUT2D eigenvalue weighted by Gasteiger charge is -2.19. The molecule has 2 aromatic carbocycles. The molecule has 2 heterocycles. The number of nitrogens with one attached hydrogen (secondary N) is 1. The Labute approximate surface area is 207 Å². The Bertz CT molecular complexity index is 1450. The molecule has 0 saturated carbocycles. The number of esters is 1. The van der Waals surface area contributed by atoms with Crippen molar-refractivity contribution in [2.75, 3.05) is 12.5 Å². The molecule has 0 atom stereocenters.